The smallest absolute Gasteiger partial charge is 0.309 e. The average molecular weight is 381 g/mol. The molecule has 0 saturated carbocycles. The van der Waals surface area contributed by atoms with Gasteiger partial charge < -0.3 is 10.6 Å². The summed E-state index contributed by atoms with van der Waals surface area (Å²) in [6, 6.07) is 4.86. The molecule has 26 heavy (non-hydrogen) atoms. The van der Waals surface area contributed by atoms with Gasteiger partial charge in [-0.15, -0.1) is 0 Å². The van der Waals surface area contributed by atoms with E-state index in [9.17, 15) is 18.0 Å². The lowest BCUT2D eigenvalue weighted by Crippen LogP contribution is -2.48. The van der Waals surface area contributed by atoms with Gasteiger partial charge >= 0.3 is 11.8 Å². The molecule has 144 valence electrons. The van der Waals surface area contributed by atoms with Crippen LogP contribution < -0.4 is 10.6 Å². The first-order valence-electron chi connectivity index (χ1n) is 8.80. The van der Waals surface area contributed by atoms with Gasteiger partial charge in [0.1, 0.15) is 0 Å². The van der Waals surface area contributed by atoms with E-state index in [0.29, 0.717) is 23.4 Å². The maximum atomic E-state index is 13.1. The normalized spacial score (nSPS) is 18.1. The Kier molecular flexibility index (Phi) is 6.41. The highest BCUT2D eigenvalue weighted by atomic mass is 32.2. The van der Waals surface area contributed by atoms with Gasteiger partial charge in [-0.25, -0.2) is 8.42 Å². The second-order valence-corrected chi connectivity index (χ2v) is 8.88. The van der Waals surface area contributed by atoms with Gasteiger partial charge in [-0.2, -0.15) is 4.31 Å². The molecule has 0 bridgehead atoms. The van der Waals surface area contributed by atoms with Gasteiger partial charge in [0.15, 0.2) is 0 Å². The number of benzene rings is 1. The summed E-state index contributed by atoms with van der Waals surface area (Å²) in [5, 5.41) is 5.07. The monoisotopic (exact) mass is 381 g/mol. The van der Waals surface area contributed by atoms with E-state index >= 15 is 0 Å². The van der Waals surface area contributed by atoms with Gasteiger partial charge in [-0.1, -0.05) is 12.1 Å². The molecule has 0 aliphatic carbocycles. The molecule has 1 saturated heterocycles. The highest BCUT2D eigenvalue weighted by Crippen LogP contribution is 2.28. The highest BCUT2D eigenvalue weighted by molar-refractivity contribution is 7.89. The van der Waals surface area contributed by atoms with Crippen molar-refractivity contribution < 1.29 is 18.0 Å². The summed E-state index contributed by atoms with van der Waals surface area (Å²) in [6.07, 6.45) is 1.37. The molecule has 0 spiro atoms. The van der Waals surface area contributed by atoms with Crippen LogP contribution in [0.15, 0.2) is 23.1 Å². The number of nitrogens with zero attached hydrogens (tertiary/aromatic N) is 1. The van der Waals surface area contributed by atoms with Crippen molar-refractivity contribution in [1.82, 2.24) is 14.9 Å². The van der Waals surface area contributed by atoms with Gasteiger partial charge in [0, 0.05) is 25.2 Å². The third-order valence-electron chi connectivity index (χ3n) is 4.38. The number of sulfonamides is 1. The number of nitrogens with one attached hydrogen (secondary N) is 2. The number of hydrogen-bond donors (Lipinski definition) is 2. The maximum absolute atomic E-state index is 13.1. The van der Waals surface area contributed by atoms with Crippen LogP contribution in [-0.2, 0) is 19.6 Å². The lowest BCUT2D eigenvalue weighted by atomic mass is 10.2. The van der Waals surface area contributed by atoms with E-state index in [1.54, 1.807) is 32.9 Å². The van der Waals surface area contributed by atoms with Crippen LogP contribution in [0.5, 0.6) is 0 Å². The fourth-order valence-corrected chi connectivity index (χ4v) is 5.06. The lowest BCUT2D eigenvalue weighted by molar-refractivity contribution is -0.139. The predicted octanol–water partition coefficient (Wildman–Crippen LogP) is 1.10. The summed E-state index contributed by atoms with van der Waals surface area (Å²) < 4.78 is 27.6. The van der Waals surface area contributed by atoms with Crippen molar-refractivity contribution in [1.29, 1.82) is 0 Å². The molecular weight excluding hydrogens is 354 g/mol. The zero-order chi connectivity index (χ0) is 19.5. The van der Waals surface area contributed by atoms with Crippen LogP contribution in [0.3, 0.4) is 0 Å². The Morgan fingerprint density at radius 3 is 2.58 bits per heavy atom. The van der Waals surface area contributed by atoms with Crippen molar-refractivity contribution in [2.75, 3.05) is 13.1 Å². The number of amides is 2. The summed E-state index contributed by atoms with van der Waals surface area (Å²) in [5.41, 5.74) is 1.57. The van der Waals surface area contributed by atoms with Gasteiger partial charge in [-0.3, -0.25) is 9.59 Å². The topological polar surface area (TPSA) is 95.6 Å². The first-order chi connectivity index (χ1) is 12.1. The first-order valence-corrected chi connectivity index (χ1v) is 10.2. The fourth-order valence-electron chi connectivity index (χ4n) is 3.06. The Hall–Kier alpha value is -1.93. The molecule has 1 atom stereocenters. The van der Waals surface area contributed by atoms with Crippen molar-refractivity contribution in [2.45, 2.75) is 57.5 Å². The Bertz CT molecular complexity index is 790. The molecule has 1 aromatic rings. The van der Waals surface area contributed by atoms with Gasteiger partial charge in [0.2, 0.25) is 10.0 Å². The molecule has 1 aliphatic rings. The molecule has 2 rings (SSSR count). The molecule has 0 aromatic heterocycles. The van der Waals surface area contributed by atoms with Crippen molar-refractivity contribution in [3.8, 4) is 0 Å². The summed E-state index contributed by atoms with van der Waals surface area (Å²) in [5.74, 6) is -1.45. The molecular formula is C18H27N3O4S. The highest BCUT2D eigenvalue weighted by Gasteiger charge is 2.36. The third kappa shape index (κ3) is 4.62. The minimum absolute atomic E-state index is 0.119. The average Bonchev–Trinajstić information content (AvgIpc) is 3.03. The Morgan fingerprint density at radius 1 is 1.23 bits per heavy atom. The predicted molar refractivity (Wildman–Crippen MR) is 99.1 cm³/mol. The van der Waals surface area contributed by atoms with Crippen LogP contribution >= 0.6 is 0 Å². The van der Waals surface area contributed by atoms with Crippen LogP contribution in [0.4, 0.5) is 0 Å². The number of carbonyl (C=O) groups is 2. The second-order valence-electron chi connectivity index (χ2n) is 7.02. The minimum Gasteiger partial charge on any atom is -0.346 e. The number of rotatable bonds is 5. The van der Waals surface area contributed by atoms with E-state index in [4.69, 9.17) is 0 Å². The molecule has 2 amide bonds. The largest absolute Gasteiger partial charge is 0.346 e. The lowest BCUT2D eigenvalue weighted by Gasteiger charge is -2.25. The fraction of sp³-hybridized carbons (Fsp3) is 0.556. The maximum Gasteiger partial charge on any atom is 0.309 e. The van der Waals surface area contributed by atoms with E-state index in [2.05, 4.69) is 10.6 Å². The molecule has 1 aromatic carbocycles. The van der Waals surface area contributed by atoms with Crippen molar-refractivity contribution in [2.24, 2.45) is 0 Å². The molecule has 1 unspecified atom stereocenters. The van der Waals surface area contributed by atoms with Crippen LogP contribution in [0.1, 0.15) is 37.8 Å². The van der Waals surface area contributed by atoms with E-state index in [-0.39, 0.29) is 18.6 Å². The van der Waals surface area contributed by atoms with Crippen LogP contribution in [0.25, 0.3) is 0 Å². The van der Waals surface area contributed by atoms with Gasteiger partial charge in [0.25, 0.3) is 0 Å². The Morgan fingerprint density at radius 2 is 1.92 bits per heavy atom. The molecule has 1 heterocycles. The van der Waals surface area contributed by atoms with Crippen LogP contribution in [0.2, 0.25) is 0 Å². The second kappa shape index (κ2) is 8.18. The minimum atomic E-state index is -3.65. The Labute approximate surface area is 155 Å². The van der Waals surface area contributed by atoms with Crippen molar-refractivity contribution >= 4 is 21.8 Å². The van der Waals surface area contributed by atoms with Crippen LogP contribution in [-0.4, -0.2) is 49.7 Å². The molecule has 0 radical (unpaired) electrons. The number of hydrogen-bond acceptors (Lipinski definition) is 4. The number of carbonyl (C=O) groups excluding carboxylic acids is 2. The third-order valence-corrected chi connectivity index (χ3v) is 6.47. The van der Waals surface area contributed by atoms with Crippen molar-refractivity contribution in [3.05, 3.63) is 29.3 Å². The molecule has 8 heteroatoms. The quantitative estimate of drug-likeness (QED) is 0.747. The van der Waals surface area contributed by atoms with Crippen molar-refractivity contribution in [3.63, 3.8) is 0 Å². The van der Waals surface area contributed by atoms with E-state index in [1.807, 2.05) is 13.0 Å². The van der Waals surface area contributed by atoms with E-state index in [1.165, 1.54) is 4.31 Å². The first kappa shape index (κ1) is 20.4. The molecule has 1 aliphatic heterocycles. The SMILES string of the molecule is Cc1ccc(C)c(S(=O)(=O)N2CCCC2CNC(=O)C(=O)NC(C)C)c1. The van der Waals surface area contributed by atoms with Crippen LogP contribution in [0, 0.1) is 13.8 Å². The number of aryl methyl sites for hydroxylation is 2. The van der Waals surface area contributed by atoms with E-state index in [0.717, 1.165) is 12.0 Å². The summed E-state index contributed by atoms with van der Waals surface area (Å²) in [7, 11) is -3.65. The van der Waals surface area contributed by atoms with E-state index < -0.39 is 21.8 Å². The summed E-state index contributed by atoms with van der Waals surface area (Å²) in [6.45, 7) is 7.69. The molecule has 7 nitrogen and oxygen atoms in total. The summed E-state index contributed by atoms with van der Waals surface area (Å²) >= 11 is 0. The molecule has 1 fully saturated rings. The standard InChI is InChI=1S/C18H27N3O4S/c1-12(2)20-18(23)17(22)19-11-15-6-5-9-21(15)26(24,25)16-10-13(3)7-8-14(16)4/h7-8,10,12,15H,5-6,9,11H2,1-4H3,(H,19,22)(H,20,23). The molecule has 2 N–H and O–H groups in total. The van der Waals surface area contributed by atoms with Gasteiger partial charge in [-0.05, 0) is 57.7 Å². The van der Waals surface area contributed by atoms with Gasteiger partial charge in [0.05, 0.1) is 4.90 Å². The zero-order valence-electron chi connectivity index (χ0n) is 15.7. The zero-order valence-corrected chi connectivity index (χ0v) is 16.5. The summed E-state index contributed by atoms with van der Waals surface area (Å²) in [4.78, 5) is 23.9. The Balaban J connectivity index is 2.11.